The highest BCUT2D eigenvalue weighted by Crippen LogP contribution is 2.68. The van der Waals surface area contributed by atoms with Crippen LogP contribution < -0.4 is 38.2 Å². The van der Waals surface area contributed by atoms with Crippen LogP contribution >= 0.6 is 31.1 Å². The number of fused-ring (bicyclic) bond motifs is 3. The molecule has 16 N–H and O–H groups in total. The third-order valence-electron chi connectivity index (χ3n) is 12.9. The van der Waals surface area contributed by atoms with Crippen molar-refractivity contribution in [2.45, 2.75) is 80.9 Å². The van der Waals surface area contributed by atoms with Crippen LogP contribution in [0.1, 0.15) is 32.5 Å². The minimum atomic E-state index is -6.25. The van der Waals surface area contributed by atoms with Crippen molar-refractivity contribution in [2.75, 3.05) is 50.7 Å². The molecule has 0 radical (unpaired) electrons. The fourth-order valence-corrected chi connectivity index (χ4v) is 14.5. The Balaban J connectivity index is 0.895. The van der Waals surface area contributed by atoms with Gasteiger partial charge in [-0.25, -0.2) is 38.2 Å². The number of hydrogen-bond acceptors (Lipinski definition) is 28. The maximum atomic E-state index is 14.5. The molecule has 0 bridgehead atoms. The fourth-order valence-electron chi connectivity index (χ4n) is 9.25. The molecule has 9 rings (SSSR count). The average Bonchev–Trinajstić information content (AvgIpc) is 4.22. The maximum Gasteiger partial charge on any atom is 0.490 e. The number of phosphoric ester groups is 2. The van der Waals surface area contributed by atoms with Gasteiger partial charge in [-0.3, -0.25) is 51.7 Å². The number of nitrogens with one attached hydrogen (secondary N) is 3. The van der Waals surface area contributed by atoms with Gasteiger partial charge in [-0.2, -0.15) is 13.6 Å². The molecule has 39 nitrogen and oxygen atoms in total. The lowest BCUT2D eigenvalue weighted by atomic mass is 9.98. The fraction of sp³-hybridized carbons (Fsp3) is 0.568. The smallest absolute Gasteiger partial charge is 0.387 e. The number of ether oxygens (including phenoxy) is 4. The van der Waals surface area contributed by atoms with Crippen molar-refractivity contribution < 1.29 is 104 Å². The van der Waals surface area contributed by atoms with Crippen LogP contribution in [0.2, 0.25) is 0 Å². The van der Waals surface area contributed by atoms with E-state index in [1.54, 1.807) is 13.8 Å². The molecule has 6 aromatic heterocycles. The van der Waals surface area contributed by atoms with Crippen molar-refractivity contribution in [1.29, 1.82) is 0 Å². The van der Waals surface area contributed by atoms with Gasteiger partial charge in [0.15, 0.2) is 41.4 Å². The number of aliphatic hydroxyl groups is 3. The highest BCUT2D eigenvalue weighted by Gasteiger charge is 2.58. The van der Waals surface area contributed by atoms with Crippen LogP contribution in [0.5, 0.6) is 0 Å². The molecular formula is C37H53N16O23P4+. The van der Waals surface area contributed by atoms with Crippen molar-refractivity contribution in [3.63, 3.8) is 0 Å². The van der Waals surface area contributed by atoms with E-state index < -0.39 is 147 Å². The molecular weight excluding hydrogens is 1160 g/mol. The Bertz CT molecular complexity index is 3650. The van der Waals surface area contributed by atoms with E-state index in [2.05, 4.69) is 53.8 Å². The number of amides is 1. The summed E-state index contributed by atoms with van der Waals surface area (Å²) in [5.74, 6) is -2.89. The van der Waals surface area contributed by atoms with Crippen LogP contribution in [0.15, 0.2) is 34.9 Å². The Hall–Kier alpha value is -5.60. The van der Waals surface area contributed by atoms with Crippen molar-refractivity contribution in [1.82, 2.24) is 58.9 Å². The van der Waals surface area contributed by atoms with Gasteiger partial charge in [-0.15, -0.1) is 0 Å². The Labute approximate surface area is 446 Å². The molecule has 1 amide bonds. The zero-order valence-electron chi connectivity index (χ0n) is 41.8. The number of aliphatic hydroxyl groups excluding tert-OH is 3. The van der Waals surface area contributed by atoms with Gasteiger partial charge in [0.2, 0.25) is 23.6 Å². The van der Waals surface area contributed by atoms with Crippen LogP contribution in [0.3, 0.4) is 0 Å². The number of H-pyrrole nitrogens is 2. The number of nitrogen functional groups attached to an aromatic ring is 3. The number of imidazole rings is 3. The van der Waals surface area contributed by atoms with E-state index in [0.717, 1.165) is 30.7 Å². The van der Waals surface area contributed by atoms with Gasteiger partial charge in [0, 0.05) is 25.5 Å². The lowest BCUT2D eigenvalue weighted by Crippen LogP contribution is -2.46. The molecule has 9 heterocycles. The molecule has 0 spiro atoms. The number of phosphoric acid groups is 3. The highest BCUT2D eigenvalue weighted by atomic mass is 31.3. The zero-order chi connectivity index (χ0) is 58.1. The monoisotopic (exact) mass is 1210 g/mol. The Kier molecular flexibility index (Phi) is 16.4. The summed E-state index contributed by atoms with van der Waals surface area (Å²) >= 11 is 0. The summed E-state index contributed by atoms with van der Waals surface area (Å²) in [5.41, 5.74) is 13.6. The quantitative estimate of drug-likeness (QED) is 0.0244. The van der Waals surface area contributed by atoms with Crippen LogP contribution in [0.25, 0.3) is 33.5 Å². The third-order valence-corrected chi connectivity index (χ3v) is 19.1. The summed E-state index contributed by atoms with van der Waals surface area (Å²) in [6, 6.07) is 0. The van der Waals surface area contributed by atoms with E-state index in [1.807, 2.05) is 0 Å². The molecule has 80 heavy (non-hydrogen) atoms. The summed E-state index contributed by atoms with van der Waals surface area (Å²) < 4.78 is 107. The normalized spacial score (nSPS) is 29.3. The lowest BCUT2D eigenvalue weighted by Gasteiger charge is -2.28. The number of rotatable bonds is 21. The second-order valence-electron chi connectivity index (χ2n) is 18.6. The number of aryl methyl sites for hydroxylation is 1. The predicted octanol–water partition coefficient (Wildman–Crippen LogP) is -3.61. The van der Waals surface area contributed by atoms with Gasteiger partial charge in [-0.05, 0) is 0 Å². The predicted molar refractivity (Wildman–Crippen MR) is 263 cm³/mol. The number of nitrogens with zero attached hydrogens (tertiary/aromatic N) is 10. The largest absolute Gasteiger partial charge is 0.490 e. The third kappa shape index (κ3) is 11.7. The molecule has 3 fully saturated rings. The summed E-state index contributed by atoms with van der Waals surface area (Å²) in [7, 11) is -20.9. The Morgan fingerprint density at radius 3 is 2.02 bits per heavy atom. The molecule has 438 valence electrons. The number of anilines is 3. The lowest BCUT2D eigenvalue weighted by molar-refractivity contribution is -0.745. The molecule has 3 aliphatic rings. The Morgan fingerprint density at radius 2 is 1.36 bits per heavy atom. The molecule has 3 aliphatic heterocycles. The van der Waals surface area contributed by atoms with E-state index in [-0.39, 0.29) is 57.8 Å². The van der Waals surface area contributed by atoms with Crippen LogP contribution in [-0.2, 0) is 71.2 Å². The first-order chi connectivity index (χ1) is 37.5. The summed E-state index contributed by atoms with van der Waals surface area (Å²) in [6.07, 6.45) is -11.7. The number of hydrogen-bond donors (Lipinski definition) is 13. The summed E-state index contributed by atoms with van der Waals surface area (Å²) in [5, 5.41) is 36.1. The van der Waals surface area contributed by atoms with E-state index in [0.29, 0.717) is 0 Å². The molecule has 6 aromatic rings. The van der Waals surface area contributed by atoms with Gasteiger partial charge in [-0.1, -0.05) is 18.8 Å². The topological polar surface area (TPSA) is 562 Å². The van der Waals surface area contributed by atoms with Crippen LogP contribution in [0, 0.1) is 11.8 Å². The highest BCUT2D eigenvalue weighted by molar-refractivity contribution is 7.66. The molecule has 0 aromatic carbocycles. The molecule has 0 saturated carbocycles. The second kappa shape index (κ2) is 22.3. The number of aromatic amines is 2. The van der Waals surface area contributed by atoms with Crippen molar-refractivity contribution in [2.24, 2.45) is 18.9 Å². The van der Waals surface area contributed by atoms with Gasteiger partial charge in [0.25, 0.3) is 17.1 Å². The summed E-state index contributed by atoms with van der Waals surface area (Å²) in [6.45, 7) is -0.496. The minimum Gasteiger partial charge on any atom is -0.387 e. The van der Waals surface area contributed by atoms with Crippen LogP contribution in [-0.4, -0.2) is 176 Å². The van der Waals surface area contributed by atoms with Crippen molar-refractivity contribution in [3.8, 4) is 0 Å². The first-order valence-electron chi connectivity index (χ1n) is 23.4. The first-order valence-corrected chi connectivity index (χ1v) is 29.5. The average molecular weight is 1210 g/mol. The number of carbonyl (C=O) groups is 1. The van der Waals surface area contributed by atoms with Gasteiger partial charge >= 0.3 is 36.7 Å². The number of nitrogens with two attached hydrogens (primary N) is 3. The van der Waals surface area contributed by atoms with E-state index >= 15 is 0 Å². The number of carbonyl (C=O) groups excluding carboxylic acids is 1. The van der Waals surface area contributed by atoms with Gasteiger partial charge < -0.3 is 80.9 Å². The standard InChI is InChI=1S/C37H52N16O23P4/c1-13(2)30(57)41-5-14-15(72-33(21(14)54)53-12-50(3)20-29(53)47-37(40)49-32(20)59)6-70-78(62,63)75-80(66,67)76-79(64,65)71-8-17-25(24(68-4)35(74-17)51-10-44-18-26(38)42-9-43-27(18)51)77(60,61)69-7-16-22(55)23(56)34(73-16)52-11-45-19-28(52)46-36(39)48-31(19)58/h9-17,21-25,33-35,54-56H,5-8H2,1-4H3,(H12-,38,39,40,41,42,43,46,47,48,49,57,58,59,60,61,62,63,64,65,66,67)/p+1/t14-,15-,16-,17-,21-,22-,23-,24-,25-,33-,34-,35-/m1/s1. The molecule has 43 heteroatoms. The minimum absolute atomic E-state index is 0.000431. The van der Waals surface area contributed by atoms with E-state index in [9.17, 15) is 67.5 Å². The SMILES string of the molecule is CO[C@@H]1[C@H](P(=O)(O)OC[C@H]2O[C@@H](n3cnc4c(=O)[nH]c(N)nc43)[C@H](O)[C@@H]2O)[C@@H](COP(=O)(O)OP(=O)(O)OP(=O)(O)OC[C@H]2O[C@@H]([n+]3cn(C)c4c(=O)[nH]c(N)nc43)[C@H](O)[C@@H]2CNC(=O)C(C)C)O[C@H]1n1cnc2c(N)ncnc21. The van der Waals surface area contributed by atoms with E-state index in [1.165, 1.54) is 27.1 Å². The molecule has 16 atom stereocenters. The summed E-state index contributed by atoms with van der Waals surface area (Å²) in [4.78, 5) is 110. The molecule has 4 unspecified atom stereocenters. The number of methoxy groups -OCH3 is 1. The van der Waals surface area contributed by atoms with Gasteiger partial charge in [0.1, 0.15) is 54.1 Å². The van der Waals surface area contributed by atoms with Crippen molar-refractivity contribution in [3.05, 3.63) is 46.0 Å². The molecule has 0 aliphatic carbocycles. The second-order valence-corrected chi connectivity index (χ2v) is 25.2. The zero-order valence-corrected chi connectivity index (χ0v) is 45.4. The van der Waals surface area contributed by atoms with Crippen LogP contribution in [0.4, 0.5) is 17.7 Å². The van der Waals surface area contributed by atoms with Gasteiger partial charge in [0.05, 0.1) is 45.6 Å². The van der Waals surface area contributed by atoms with Crippen molar-refractivity contribution >= 4 is 88.2 Å². The Morgan fingerprint density at radius 1 is 0.762 bits per heavy atom. The maximum absolute atomic E-state index is 14.5. The first kappa shape index (κ1) is 59.0. The van der Waals surface area contributed by atoms with E-state index in [4.69, 9.17) is 49.7 Å². The number of aromatic nitrogens is 12. The molecule has 3 saturated heterocycles.